The van der Waals surface area contributed by atoms with E-state index in [0.29, 0.717) is 13.2 Å². The van der Waals surface area contributed by atoms with Crippen molar-refractivity contribution in [3.8, 4) is 0 Å². The van der Waals surface area contributed by atoms with Gasteiger partial charge in [0, 0.05) is 25.9 Å². The van der Waals surface area contributed by atoms with E-state index in [4.69, 9.17) is 4.74 Å². The smallest absolute Gasteiger partial charge is 0.233 e. The molecule has 0 radical (unpaired) electrons. The number of hydrogen-bond acceptors (Lipinski definition) is 3. The van der Waals surface area contributed by atoms with Crippen molar-refractivity contribution >= 4 is 17.5 Å². The molecule has 0 saturated heterocycles. The zero-order valence-electron chi connectivity index (χ0n) is 13.9. The SMILES string of the molecule is COCCCNC(=O)CC(=O)Nc1ccccc1C(C)(C)C. The Hall–Kier alpha value is -1.88. The zero-order valence-corrected chi connectivity index (χ0v) is 13.9. The highest BCUT2D eigenvalue weighted by molar-refractivity contribution is 6.03. The van der Waals surface area contributed by atoms with Gasteiger partial charge in [0.1, 0.15) is 6.42 Å². The van der Waals surface area contributed by atoms with E-state index in [2.05, 4.69) is 31.4 Å². The summed E-state index contributed by atoms with van der Waals surface area (Å²) in [7, 11) is 1.61. The number of rotatable bonds is 7. The number of para-hydroxylation sites is 1. The summed E-state index contributed by atoms with van der Waals surface area (Å²) in [6.45, 7) is 7.35. The number of benzene rings is 1. The molecule has 5 nitrogen and oxygen atoms in total. The van der Waals surface area contributed by atoms with Crippen LogP contribution in [0.25, 0.3) is 0 Å². The van der Waals surface area contributed by atoms with Gasteiger partial charge in [-0.15, -0.1) is 0 Å². The lowest BCUT2D eigenvalue weighted by molar-refractivity contribution is -0.126. The van der Waals surface area contributed by atoms with E-state index in [9.17, 15) is 9.59 Å². The molecule has 0 aromatic heterocycles. The molecule has 0 aliphatic heterocycles. The van der Waals surface area contributed by atoms with Gasteiger partial charge >= 0.3 is 0 Å². The van der Waals surface area contributed by atoms with Gasteiger partial charge in [-0.25, -0.2) is 0 Å². The molecule has 2 amide bonds. The van der Waals surface area contributed by atoms with Gasteiger partial charge in [0.15, 0.2) is 0 Å². The lowest BCUT2D eigenvalue weighted by Crippen LogP contribution is -2.29. The quantitative estimate of drug-likeness (QED) is 0.600. The molecule has 0 aliphatic carbocycles. The molecule has 22 heavy (non-hydrogen) atoms. The van der Waals surface area contributed by atoms with Crippen LogP contribution in [0, 0.1) is 0 Å². The van der Waals surface area contributed by atoms with Crippen LogP contribution in [0.4, 0.5) is 5.69 Å². The Kier molecular flexibility index (Phi) is 7.05. The van der Waals surface area contributed by atoms with Crippen LogP contribution in [-0.4, -0.2) is 32.1 Å². The van der Waals surface area contributed by atoms with E-state index in [0.717, 1.165) is 17.7 Å². The second-order valence-corrected chi connectivity index (χ2v) is 6.22. The molecule has 1 aromatic carbocycles. The number of ether oxygens (including phenoxy) is 1. The van der Waals surface area contributed by atoms with Crippen LogP contribution >= 0.6 is 0 Å². The predicted octanol–water partition coefficient (Wildman–Crippen LogP) is 2.47. The van der Waals surface area contributed by atoms with Gasteiger partial charge in [0.2, 0.25) is 11.8 Å². The third kappa shape index (κ3) is 6.26. The standard InChI is InChI=1S/C17H26N2O3/c1-17(2,3)13-8-5-6-9-14(13)19-16(21)12-15(20)18-10-7-11-22-4/h5-6,8-9H,7,10-12H2,1-4H3,(H,18,20)(H,19,21). The molecule has 5 heteroatoms. The lowest BCUT2D eigenvalue weighted by atomic mass is 9.86. The maximum absolute atomic E-state index is 12.0. The number of nitrogens with one attached hydrogen (secondary N) is 2. The van der Waals surface area contributed by atoms with Crippen molar-refractivity contribution in [2.75, 3.05) is 25.6 Å². The minimum Gasteiger partial charge on any atom is -0.385 e. The summed E-state index contributed by atoms with van der Waals surface area (Å²) in [5, 5.41) is 5.52. The first-order valence-electron chi connectivity index (χ1n) is 7.49. The Morgan fingerprint density at radius 3 is 2.45 bits per heavy atom. The van der Waals surface area contributed by atoms with Crippen molar-refractivity contribution in [2.24, 2.45) is 0 Å². The van der Waals surface area contributed by atoms with Crippen LogP contribution in [0.3, 0.4) is 0 Å². The fourth-order valence-corrected chi connectivity index (χ4v) is 2.09. The van der Waals surface area contributed by atoms with Gasteiger partial charge in [0.25, 0.3) is 0 Å². The van der Waals surface area contributed by atoms with Crippen molar-refractivity contribution in [1.29, 1.82) is 0 Å². The normalized spacial score (nSPS) is 11.1. The van der Waals surface area contributed by atoms with Gasteiger partial charge in [-0.3, -0.25) is 9.59 Å². The van der Waals surface area contributed by atoms with Crippen LogP contribution < -0.4 is 10.6 Å². The summed E-state index contributed by atoms with van der Waals surface area (Å²) < 4.78 is 4.90. The van der Waals surface area contributed by atoms with Gasteiger partial charge in [-0.2, -0.15) is 0 Å². The van der Waals surface area contributed by atoms with Crippen LogP contribution in [0.2, 0.25) is 0 Å². The molecule has 0 spiro atoms. The topological polar surface area (TPSA) is 67.4 Å². The molecule has 0 unspecified atom stereocenters. The monoisotopic (exact) mass is 306 g/mol. The summed E-state index contributed by atoms with van der Waals surface area (Å²) >= 11 is 0. The van der Waals surface area contributed by atoms with Crippen molar-refractivity contribution in [3.63, 3.8) is 0 Å². The van der Waals surface area contributed by atoms with E-state index in [1.165, 1.54) is 0 Å². The summed E-state index contributed by atoms with van der Waals surface area (Å²) in [6.07, 6.45) is 0.558. The Labute approximate surface area is 132 Å². The van der Waals surface area contributed by atoms with Gasteiger partial charge in [-0.1, -0.05) is 39.0 Å². The minimum atomic E-state index is -0.305. The molecular weight excluding hydrogens is 280 g/mol. The molecule has 2 N–H and O–H groups in total. The van der Waals surface area contributed by atoms with Gasteiger partial charge in [-0.05, 0) is 23.5 Å². The average Bonchev–Trinajstić information content (AvgIpc) is 2.43. The third-order valence-electron chi connectivity index (χ3n) is 3.18. The maximum atomic E-state index is 12.0. The average molecular weight is 306 g/mol. The van der Waals surface area contributed by atoms with E-state index >= 15 is 0 Å². The first-order valence-corrected chi connectivity index (χ1v) is 7.49. The number of amides is 2. The zero-order chi connectivity index (χ0) is 16.6. The number of hydrogen-bond donors (Lipinski definition) is 2. The van der Waals surface area contributed by atoms with E-state index < -0.39 is 0 Å². The summed E-state index contributed by atoms with van der Waals surface area (Å²) in [5.41, 5.74) is 1.72. The van der Waals surface area contributed by atoms with Crippen molar-refractivity contribution < 1.29 is 14.3 Å². The molecule has 0 heterocycles. The Morgan fingerprint density at radius 1 is 1.14 bits per heavy atom. The number of carbonyl (C=O) groups is 2. The molecule has 0 saturated carbocycles. The second kappa shape index (κ2) is 8.54. The van der Waals surface area contributed by atoms with Crippen molar-refractivity contribution in [3.05, 3.63) is 29.8 Å². The molecule has 0 fully saturated rings. The first kappa shape index (κ1) is 18.2. The van der Waals surface area contributed by atoms with Crippen molar-refractivity contribution in [2.45, 2.75) is 39.0 Å². The highest BCUT2D eigenvalue weighted by Gasteiger charge is 2.19. The van der Waals surface area contributed by atoms with Crippen LogP contribution in [0.5, 0.6) is 0 Å². The van der Waals surface area contributed by atoms with Crippen LogP contribution in [0.1, 0.15) is 39.2 Å². The molecule has 1 rings (SSSR count). The molecule has 122 valence electrons. The van der Waals surface area contributed by atoms with Crippen molar-refractivity contribution in [1.82, 2.24) is 5.32 Å². The molecule has 0 atom stereocenters. The minimum absolute atomic E-state index is 0.0771. The van der Waals surface area contributed by atoms with E-state index in [1.54, 1.807) is 7.11 Å². The molecule has 0 bridgehead atoms. The largest absolute Gasteiger partial charge is 0.385 e. The first-order chi connectivity index (χ1) is 10.3. The third-order valence-corrected chi connectivity index (χ3v) is 3.18. The predicted molar refractivity (Wildman–Crippen MR) is 87.9 cm³/mol. The number of carbonyl (C=O) groups excluding carboxylic acids is 2. The summed E-state index contributed by atoms with van der Waals surface area (Å²) in [5.74, 6) is -0.581. The Morgan fingerprint density at radius 2 is 1.82 bits per heavy atom. The highest BCUT2D eigenvalue weighted by atomic mass is 16.5. The van der Waals surface area contributed by atoms with E-state index in [-0.39, 0.29) is 23.7 Å². The molecule has 1 aromatic rings. The fourth-order valence-electron chi connectivity index (χ4n) is 2.09. The van der Waals surface area contributed by atoms with Gasteiger partial charge < -0.3 is 15.4 Å². The van der Waals surface area contributed by atoms with Crippen LogP contribution in [-0.2, 0) is 19.7 Å². The summed E-state index contributed by atoms with van der Waals surface area (Å²) in [4.78, 5) is 23.7. The van der Waals surface area contributed by atoms with E-state index in [1.807, 2.05) is 24.3 Å². The summed E-state index contributed by atoms with van der Waals surface area (Å²) in [6, 6.07) is 7.66. The fraction of sp³-hybridized carbons (Fsp3) is 0.529. The van der Waals surface area contributed by atoms with Gasteiger partial charge in [0.05, 0.1) is 0 Å². The lowest BCUT2D eigenvalue weighted by Gasteiger charge is -2.22. The maximum Gasteiger partial charge on any atom is 0.233 e. The molecular formula is C17H26N2O3. The Balaban J connectivity index is 2.54. The van der Waals surface area contributed by atoms with Crippen LogP contribution in [0.15, 0.2) is 24.3 Å². The number of methoxy groups -OCH3 is 1. The Bertz CT molecular complexity index is 507. The molecule has 0 aliphatic rings. The number of anilines is 1. The second-order valence-electron chi connectivity index (χ2n) is 6.22. The highest BCUT2D eigenvalue weighted by Crippen LogP contribution is 2.29.